The largest absolute Gasteiger partial charge is 0.395 e. The first-order valence-electron chi connectivity index (χ1n) is 9.84. The predicted octanol–water partition coefficient (Wildman–Crippen LogP) is 0.0271. The monoisotopic (exact) mass is 388 g/mol. The number of hydrogen-bond donors (Lipinski definition) is 4. The molecule has 152 valence electrons. The first-order valence-corrected chi connectivity index (χ1v) is 9.84. The van der Waals surface area contributed by atoms with Crippen molar-refractivity contribution in [1.29, 1.82) is 0 Å². The van der Waals surface area contributed by atoms with Crippen LogP contribution in [0.3, 0.4) is 0 Å². The zero-order valence-electron chi connectivity index (χ0n) is 15.9. The molecule has 8 nitrogen and oxygen atoms in total. The molecular weight excluding hydrogens is 360 g/mol. The van der Waals surface area contributed by atoms with Crippen LogP contribution in [0.1, 0.15) is 53.6 Å². The Bertz CT molecular complexity index is 752. The maximum atomic E-state index is 12.8. The molecule has 8 heteroatoms. The normalized spacial score (nSPS) is 20.3. The Kier molecular flexibility index (Phi) is 6.77. The molecular formula is C20H28N4O4. The van der Waals surface area contributed by atoms with Crippen LogP contribution in [0.2, 0.25) is 0 Å². The molecule has 1 aromatic carbocycles. The third-order valence-electron chi connectivity index (χ3n) is 5.41. The number of carbonyl (C=O) groups excluding carboxylic acids is 3. The van der Waals surface area contributed by atoms with Crippen molar-refractivity contribution in [2.45, 2.75) is 57.3 Å². The van der Waals surface area contributed by atoms with Crippen LogP contribution in [-0.2, 0) is 22.7 Å². The number of hydrogen-bond acceptors (Lipinski definition) is 6. The van der Waals surface area contributed by atoms with E-state index in [9.17, 15) is 19.5 Å². The third-order valence-corrected chi connectivity index (χ3v) is 5.41. The molecule has 0 spiro atoms. The highest BCUT2D eigenvalue weighted by Gasteiger charge is 2.39. The van der Waals surface area contributed by atoms with Crippen LogP contribution in [0, 0.1) is 0 Å². The van der Waals surface area contributed by atoms with Crippen molar-refractivity contribution in [2.75, 3.05) is 13.2 Å². The molecule has 3 amide bonds. The molecule has 2 atom stereocenters. The number of carbonyl (C=O) groups is 3. The van der Waals surface area contributed by atoms with Crippen molar-refractivity contribution in [2.24, 2.45) is 5.73 Å². The zero-order chi connectivity index (χ0) is 20.1. The highest BCUT2D eigenvalue weighted by molar-refractivity contribution is 6.05. The van der Waals surface area contributed by atoms with Gasteiger partial charge in [-0.05, 0) is 43.0 Å². The summed E-state index contributed by atoms with van der Waals surface area (Å²) in [7, 11) is 0. The van der Waals surface area contributed by atoms with Crippen molar-refractivity contribution in [3.05, 3.63) is 34.9 Å². The van der Waals surface area contributed by atoms with Crippen molar-refractivity contribution >= 4 is 17.7 Å². The van der Waals surface area contributed by atoms with Gasteiger partial charge in [0, 0.05) is 31.1 Å². The molecule has 2 aliphatic rings. The van der Waals surface area contributed by atoms with Crippen molar-refractivity contribution < 1.29 is 19.5 Å². The van der Waals surface area contributed by atoms with Gasteiger partial charge < -0.3 is 21.1 Å². The predicted molar refractivity (Wildman–Crippen MR) is 103 cm³/mol. The fraction of sp³-hybridized carbons (Fsp3) is 0.550. The molecule has 28 heavy (non-hydrogen) atoms. The molecule has 1 unspecified atom stereocenters. The summed E-state index contributed by atoms with van der Waals surface area (Å²) in [5.74, 6) is -0.862. The van der Waals surface area contributed by atoms with Crippen molar-refractivity contribution in [3.8, 4) is 0 Å². The van der Waals surface area contributed by atoms with Gasteiger partial charge in [-0.25, -0.2) is 0 Å². The average Bonchev–Trinajstić information content (AvgIpc) is 3.00. The number of fused-ring (bicyclic) bond motifs is 1. The van der Waals surface area contributed by atoms with E-state index < -0.39 is 11.9 Å². The molecule has 0 radical (unpaired) electrons. The van der Waals surface area contributed by atoms with Crippen LogP contribution in [0.15, 0.2) is 18.2 Å². The molecule has 5 N–H and O–H groups in total. The van der Waals surface area contributed by atoms with Gasteiger partial charge in [0.2, 0.25) is 11.8 Å². The average molecular weight is 388 g/mol. The van der Waals surface area contributed by atoms with E-state index in [1.54, 1.807) is 4.90 Å². The van der Waals surface area contributed by atoms with Gasteiger partial charge in [0.15, 0.2) is 0 Å². The number of amides is 3. The Morgan fingerprint density at radius 1 is 1.29 bits per heavy atom. The second-order valence-corrected chi connectivity index (χ2v) is 7.44. The van der Waals surface area contributed by atoms with Gasteiger partial charge in [0.05, 0.1) is 6.61 Å². The van der Waals surface area contributed by atoms with E-state index in [2.05, 4.69) is 10.6 Å². The number of nitrogens with two attached hydrogens (primary N) is 1. The maximum Gasteiger partial charge on any atom is 0.255 e. The summed E-state index contributed by atoms with van der Waals surface area (Å²) >= 11 is 0. The lowest BCUT2D eigenvalue weighted by molar-refractivity contribution is -0.136. The van der Waals surface area contributed by atoms with Crippen LogP contribution in [0.4, 0.5) is 0 Å². The van der Waals surface area contributed by atoms with E-state index >= 15 is 0 Å². The third kappa shape index (κ3) is 4.57. The van der Waals surface area contributed by atoms with Crippen molar-refractivity contribution in [3.63, 3.8) is 0 Å². The van der Waals surface area contributed by atoms with Gasteiger partial charge in [0.1, 0.15) is 6.04 Å². The number of benzene rings is 1. The Balaban J connectivity index is 1.62. The molecule has 0 aromatic heterocycles. The SMILES string of the molecule is NCCCC[C@@H](CO)NCc1ccc2c(c1)C(=O)N(C1CCC(=O)NC1=O)C2. The summed E-state index contributed by atoms with van der Waals surface area (Å²) in [6.45, 7) is 1.63. The molecule has 3 rings (SSSR count). The van der Waals surface area contributed by atoms with Crippen LogP contribution in [-0.4, -0.2) is 53.0 Å². The quantitative estimate of drug-likeness (QED) is 0.349. The molecule has 0 aliphatic carbocycles. The second-order valence-electron chi connectivity index (χ2n) is 7.44. The lowest BCUT2D eigenvalue weighted by atomic mass is 10.0. The van der Waals surface area contributed by atoms with Crippen LogP contribution < -0.4 is 16.4 Å². The number of aliphatic hydroxyl groups excluding tert-OH is 1. The molecule has 1 aromatic rings. The van der Waals surface area contributed by atoms with Gasteiger partial charge in [-0.2, -0.15) is 0 Å². The lowest BCUT2D eigenvalue weighted by Crippen LogP contribution is -2.52. The number of rotatable bonds is 9. The Hall–Kier alpha value is -2.29. The molecule has 0 bridgehead atoms. The van der Waals surface area contributed by atoms with E-state index in [0.29, 0.717) is 31.6 Å². The maximum absolute atomic E-state index is 12.8. The van der Waals surface area contributed by atoms with Gasteiger partial charge in [0.25, 0.3) is 5.91 Å². The minimum absolute atomic E-state index is 0.00419. The molecule has 2 heterocycles. The molecule has 2 aliphatic heterocycles. The fourth-order valence-electron chi connectivity index (χ4n) is 3.77. The second kappa shape index (κ2) is 9.27. The highest BCUT2D eigenvalue weighted by atomic mass is 16.3. The van der Waals surface area contributed by atoms with Gasteiger partial charge in [-0.15, -0.1) is 0 Å². The van der Waals surface area contributed by atoms with Crippen LogP contribution in [0.25, 0.3) is 0 Å². The smallest absolute Gasteiger partial charge is 0.255 e. The summed E-state index contributed by atoms with van der Waals surface area (Å²) in [6, 6.07) is 5.13. The summed E-state index contributed by atoms with van der Waals surface area (Å²) in [6.07, 6.45) is 3.35. The number of nitrogens with zero attached hydrogens (tertiary/aromatic N) is 1. The molecule has 1 fully saturated rings. The van der Waals surface area contributed by atoms with Gasteiger partial charge in [-0.1, -0.05) is 18.6 Å². The first-order chi connectivity index (χ1) is 13.5. The molecule has 0 saturated carbocycles. The highest BCUT2D eigenvalue weighted by Crippen LogP contribution is 2.28. The summed E-state index contributed by atoms with van der Waals surface area (Å²) < 4.78 is 0. The van der Waals surface area contributed by atoms with E-state index in [1.807, 2.05) is 18.2 Å². The minimum atomic E-state index is -0.597. The zero-order valence-corrected chi connectivity index (χ0v) is 15.9. The van der Waals surface area contributed by atoms with Gasteiger partial charge >= 0.3 is 0 Å². The Morgan fingerprint density at radius 3 is 2.82 bits per heavy atom. The Labute approximate surface area is 164 Å². The van der Waals surface area contributed by atoms with Gasteiger partial charge in [-0.3, -0.25) is 19.7 Å². The lowest BCUT2D eigenvalue weighted by Gasteiger charge is -2.29. The number of imide groups is 1. The van der Waals surface area contributed by atoms with E-state index in [-0.39, 0.29) is 30.9 Å². The minimum Gasteiger partial charge on any atom is -0.395 e. The first kappa shape index (κ1) is 20.4. The number of piperidine rings is 1. The number of unbranched alkanes of at least 4 members (excludes halogenated alkanes) is 1. The topological polar surface area (TPSA) is 125 Å². The number of nitrogens with one attached hydrogen (secondary N) is 2. The van der Waals surface area contributed by atoms with E-state index in [1.165, 1.54) is 0 Å². The van der Waals surface area contributed by atoms with E-state index in [4.69, 9.17) is 5.73 Å². The van der Waals surface area contributed by atoms with Crippen molar-refractivity contribution in [1.82, 2.24) is 15.5 Å². The molecule has 1 saturated heterocycles. The summed E-state index contributed by atoms with van der Waals surface area (Å²) in [5, 5.41) is 15.1. The number of aliphatic hydroxyl groups is 1. The Morgan fingerprint density at radius 2 is 2.11 bits per heavy atom. The van der Waals surface area contributed by atoms with Crippen LogP contribution >= 0.6 is 0 Å². The standard InChI is InChI=1S/C20H28N4O4/c21-8-2-1-3-15(12-25)22-10-13-4-5-14-11-24(20(28)16(14)9-13)17-6-7-18(26)23-19(17)27/h4-5,9,15,17,22,25H,1-3,6-8,10-12,21H2,(H,23,26,27)/t15-,17?/m0/s1. The summed E-state index contributed by atoms with van der Waals surface area (Å²) in [4.78, 5) is 37.8. The van der Waals surface area contributed by atoms with Crippen LogP contribution in [0.5, 0.6) is 0 Å². The summed E-state index contributed by atoms with van der Waals surface area (Å²) in [5.41, 5.74) is 7.95. The fourth-order valence-corrected chi connectivity index (χ4v) is 3.77. The van der Waals surface area contributed by atoms with E-state index in [0.717, 1.165) is 30.4 Å².